The molecule has 0 aliphatic carbocycles. The molecule has 3 heterocycles. The number of amides is 2. The van der Waals surface area contributed by atoms with E-state index in [1.165, 1.54) is 30.3 Å². The maximum atomic E-state index is 13.8. The second-order valence-corrected chi connectivity index (χ2v) is 12.2. The Kier molecular flexibility index (Phi) is 7.91. The predicted molar refractivity (Wildman–Crippen MR) is 149 cm³/mol. The summed E-state index contributed by atoms with van der Waals surface area (Å²) in [6.45, 7) is 1.07. The van der Waals surface area contributed by atoms with Crippen LogP contribution in [0.3, 0.4) is 0 Å². The third-order valence-electron chi connectivity index (χ3n) is 6.45. The third-order valence-corrected chi connectivity index (χ3v) is 9.06. The molecular weight excluding hydrogens is 587 g/mol. The Labute approximate surface area is 240 Å². The van der Waals surface area contributed by atoms with Crippen molar-refractivity contribution in [2.75, 3.05) is 29.3 Å². The first-order valence-electron chi connectivity index (χ1n) is 12.1. The highest BCUT2D eigenvalue weighted by Gasteiger charge is 2.37. The van der Waals surface area contributed by atoms with Crippen molar-refractivity contribution in [3.8, 4) is 5.75 Å². The van der Waals surface area contributed by atoms with Crippen LogP contribution in [0.4, 0.5) is 11.6 Å². The summed E-state index contributed by atoms with van der Waals surface area (Å²) in [6, 6.07) is 13.6. The molecular formula is C26H23Cl3N4O5S. The number of rotatable bonds is 7. The van der Waals surface area contributed by atoms with Crippen molar-refractivity contribution in [3.05, 3.63) is 75.2 Å². The van der Waals surface area contributed by atoms with Crippen molar-refractivity contribution < 1.29 is 22.7 Å². The molecule has 13 heteroatoms. The molecule has 5 rings (SSSR count). The zero-order chi connectivity index (χ0) is 27.7. The van der Waals surface area contributed by atoms with E-state index in [1.54, 1.807) is 29.2 Å². The van der Waals surface area contributed by atoms with E-state index >= 15 is 0 Å². The first kappa shape index (κ1) is 27.5. The van der Waals surface area contributed by atoms with Crippen LogP contribution in [0, 0.1) is 0 Å². The molecule has 1 saturated heterocycles. The van der Waals surface area contributed by atoms with Crippen molar-refractivity contribution in [2.45, 2.75) is 30.3 Å². The minimum Gasteiger partial charge on any atom is -0.485 e. The van der Waals surface area contributed by atoms with Crippen LogP contribution in [-0.2, 0) is 14.8 Å². The molecule has 1 atom stereocenters. The summed E-state index contributed by atoms with van der Waals surface area (Å²) in [5.74, 6) is -0.224. The lowest BCUT2D eigenvalue weighted by molar-refractivity contribution is -0.127. The fourth-order valence-electron chi connectivity index (χ4n) is 4.51. The van der Waals surface area contributed by atoms with Gasteiger partial charge in [0.15, 0.2) is 11.6 Å². The normalized spacial score (nSPS) is 17.1. The summed E-state index contributed by atoms with van der Waals surface area (Å²) in [4.78, 5) is 31.1. The SMILES string of the molecule is O=C(Nc1ccc2c(n1)N(S(=O)(=O)c1cccc(Cl)c1)C[C@H](CCN1CCCC1=O)O2)c1c(Cl)cccc1Cl. The van der Waals surface area contributed by atoms with Gasteiger partial charge in [-0.25, -0.2) is 17.7 Å². The van der Waals surface area contributed by atoms with Gasteiger partial charge in [0, 0.05) is 31.0 Å². The average Bonchev–Trinajstić information content (AvgIpc) is 3.31. The van der Waals surface area contributed by atoms with Crippen LogP contribution in [0.15, 0.2) is 59.5 Å². The number of hydrogen-bond donors (Lipinski definition) is 1. The number of aromatic nitrogens is 1. The van der Waals surface area contributed by atoms with Gasteiger partial charge in [0.25, 0.3) is 15.9 Å². The number of benzene rings is 2. The number of anilines is 2. The zero-order valence-electron chi connectivity index (χ0n) is 20.4. The van der Waals surface area contributed by atoms with E-state index in [-0.39, 0.29) is 55.4 Å². The molecule has 9 nitrogen and oxygen atoms in total. The molecule has 0 spiro atoms. The molecule has 39 heavy (non-hydrogen) atoms. The lowest BCUT2D eigenvalue weighted by Crippen LogP contribution is -2.45. The maximum Gasteiger partial charge on any atom is 0.265 e. The predicted octanol–water partition coefficient (Wildman–Crippen LogP) is 5.26. The molecule has 0 radical (unpaired) electrons. The van der Waals surface area contributed by atoms with Gasteiger partial charge in [-0.2, -0.15) is 0 Å². The molecule has 204 valence electrons. The molecule has 2 aliphatic rings. The monoisotopic (exact) mass is 608 g/mol. The van der Waals surface area contributed by atoms with Crippen molar-refractivity contribution in [3.63, 3.8) is 0 Å². The molecule has 0 unspecified atom stereocenters. The minimum atomic E-state index is -4.12. The van der Waals surface area contributed by atoms with Gasteiger partial charge in [-0.15, -0.1) is 0 Å². The lowest BCUT2D eigenvalue weighted by Gasteiger charge is -2.35. The van der Waals surface area contributed by atoms with Gasteiger partial charge in [-0.05, 0) is 48.9 Å². The molecule has 2 aromatic carbocycles. The first-order chi connectivity index (χ1) is 18.6. The molecule has 0 saturated carbocycles. The summed E-state index contributed by atoms with van der Waals surface area (Å²) >= 11 is 18.4. The Morgan fingerprint density at radius 2 is 1.82 bits per heavy atom. The van der Waals surface area contributed by atoms with Crippen molar-refractivity contribution >= 4 is 68.3 Å². The number of carbonyl (C=O) groups excluding carboxylic acids is 2. The highest BCUT2D eigenvalue weighted by atomic mass is 35.5. The van der Waals surface area contributed by atoms with Crippen LogP contribution in [0.25, 0.3) is 0 Å². The summed E-state index contributed by atoms with van der Waals surface area (Å²) in [5, 5.41) is 3.21. The Balaban J connectivity index is 1.47. The van der Waals surface area contributed by atoms with E-state index in [1.807, 2.05) is 0 Å². The van der Waals surface area contributed by atoms with Crippen molar-refractivity contribution in [1.29, 1.82) is 0 Å². The average molecular weight is 610 g/mol. The number of nitrogens with zero attached hydrogens (tertiary/aromatic N) is 3. The van der Waals surface area contributed by atoms with Gasteiger partial charge in [0.1, 0.15) is 11.9 Å². The smallest absolute Gasteiger partial charge is 0.265 e. The Hall–Kier alpha value is -3.05. The molecule has 1 fully saturated rings. The highest BCUT2D eigenvalue weighted by Crippen LogP contribution is 2.38. The summed E-state index contributed by atoms with van der Waals surface area (Å²) in [5.41, 5.74) is 0.0662. The standard InChI is InChI=1S/C26H23Cl3N4O5S/c27-16-4-1-5-18(14-16)39(36,37)33-15-17(11-13-32-12-3-8-23(32)34)38-21-9-10-22(30-25(21)33)31-26(35)24-19(28)6-2-7-20(24)29/h1-2,4-7,9-10,14,17H,3,8,11-13,15H2,(H,30,31,35)/t17-/m0/s1. The van der Waals surface area contributed by atoms with Crippen LogP contribution < -0.4 is 14.4 Å². The van der Waals surface area contributed by atoms with Crippen LogP contribution >= 0.6 is 34.8 Å². The second-order valence-electron chi connectivity index (χ2n) is 9.08. The van der Waals surface area contributed by atoms with E-state index in [0.29, 0.717) is 25.9 Å². The topological polar surface area (TPSA) is 109 Å². The largest absolute Gasteiger partial charge is 0.485 e. The Bertz CT molecular complexity index is 1530. The van der Waals surface area contributed by atoms with E-state index < -0.39 is 22.0 Å². The number of hydrogen-bond acceptors (Lipinski definition) is 6. The van der Waals surface area contributed by atoms with E-state index in [0.717, 1.165) is 10.7 Å². The van der Waals surface area contributed by atoms with Crippen LogP contribution in [0.5, 0.6) is 5.75 Å². The number of fused-ring (bicyclic) bond motifs is 1. The molecule has 2 amide bonds. The summed E-state index contributed by atoms with van der Waals surface area (Å²) in [6.07, 6.45) is 1.21. The summed E-state index contributed by atoms with van der Waals surface area (Å²) < 4.78 is 34.8. The number of likely N-dealkylation sites (tertiary alicyclic amines) is 1. The zero-order valence-corrected chi connectivity index (χ0v) is 23.5. The second kappa shape index (κ2) is 11.2. The molecule has 2 aliphatic heterocycles. The maximum absolute atomic E-state index is 13.8. The molecule has 1 N–H and O–H groups in total. The minimum absolute atomic E-state index is 0.00605. The van der Waals surface area contributed by atoms with Gasteiger partial charge in [0.2, 0.25) is 5.91 Å². The lowest BCUT2D eigenvalue weighted by atomic mass is 10.2. The number of carbonyl (C=O) groups is 2. The summed E-state index contributed by atoms with van der Waals surface area (Å²) in [7, 11) is -4.12. The van der Waals surface area contributed by atoms with Crippen LogP contribution in [0.2, 0.25) is 15.1 Å². The van der Waals surface area contributed by atoms with E-state index in [2.05, 4.69) is 10.3 Å². The van der Waals surface area contributed by atoms with Crippen molar-refractivity contribution in [2.24, 2.45) is 0 Å². The first-order valence-corrected chi connectivity index (χ1v) is 14.7. The quantitative estimate of drug-likeness (QED) is 0.391. The van der Waals surface area contributed by atoms with E-state index in [4.69, 9.17) is 39.5 Å². The molecule has 1 aromatic heterocycles. The number of sulfonamides is 1. The van der Waals surface area contributed by atoms with Gasteiger partial charge >= 0.3 is 0 Å². The highest BCUT2D eigenvalue weighted by molar-refractivity contribution is 7.92. The molecule has 0 bridgehead atoms. The Morgan fingerprint density at radius 1 is 1.08 bits per heavy atom. The van der Waals surface area contributed by atoms with Crippen LogP contribution in [-0.4, -0.2) is 55.9 Å². The van der Waals surface area contributed by atoms with Gasteiger partial charge in [-0.3, -0.25) is 9.59 Å². The number of halogens is 3. The number of nitrogens with one attached hydrogen (secondary N) is 1. The number of ether oxygens (including phenoxy) is 1. The van der Waals surface area contributed by atoms with Gasteiger partial charge < -0.3 is 15.0 Å². The van der Waals surface area contributed by atoms with Gasteiger partial charge in [-0.1, -0.05) is 46.9 Å². The van der Waals surface area contributed by atoms with E-state index in [9.17, 15) is 18.0 Å². The number of pyridine rings is 1. The Morgan fingerprint density at radius 3 is 2.51 bits per heavy atom. The fraction of sp³-hybridized carbons (Fsp3) is 0.269. The van der Waals surface area contributed by atoms with Crippen LogP contribution in [0.1, 0.15) is 29.6 Å². The van der Waals surface area contributed by atoms with Gasteiger partial charge in [0.05, 0.1) is 27.0 Å². The van der Waals surface area contributed by atoms with Crippen molar-refractivity contribution in [1.82, 2.24) is 9.88 Å². The molecule has 3 aromatic rings. The third kappa shape index (κ3) is 5.79. The fourth-order valence-corrected chi connectivity index (χ4v) is 6.84.